The zero-order chi connectivity index (χ0) is 13.7. The molecule has 0 radical (unpaired) electrons. The summed E-state index contributed by atoms with van der Waals surface area (Å²) in [4.78, 5) is 2.62. The molecule has 0 spiro atoms. The van der Waals surface area contributed by atoms with Crippen LogP contribution in [0, 0.1) is 0 Å². The molecule has 0 aliphatic carbocycles. The fourth-order valence-electron chi connectivity index (χ4n) is 2.89. The van der Waals surface area contributed by atoms with Crippen molar-refractivity contribution < 1.29 is 0 Å². The SMILES string of the molecule is CCCCN(c1cccc2c1CCCN2)C(C)CC. The summed E-state index contributed by atoms with van der Waals surface area (Å²) in [5.41, 5.74) is 4.35. The van der Waals surface area contributed by atoms with E-state index in [-0.39, 0.29) is 0 Å². The molecule has 2 heteroatoms. The van der Waals surface area contributed by atoms with Crippen LogP contribution < -0.4 is 10.2 Å². The topological polar surface area (TPSA) is 15.3 Å². The number of unbranched alkanes of at least 4 members (excludes halogenated alkanes) is 1. The van der Waals surface area contributed by atoms with Crippen LogP contribution >= 0.6 is 0 Å². The van der Waals surface area contributed by atoms with Gasteiger partial charge >= 0.3 is 0 Å². The van der Waals surface area contributed by atoms with Gasteiger partial charge < -0.3 is 10.2 Å². The molecular weight excluding hydrogens is 232 g/mol. The molecule has 0 saturated heterocycles. The molecule has 1 aliphatic rings. The van der Waals surface area contributed by atoms with Crippen molar-refractivity contribution in [1.82, 2.24) is 0 Å². The smallest absolute Gasteiger partial charge is 0.0421 e. The van der Waals surface area contributed by atoms with E-state index in [4.69, 9.17) is 0 Å². The maximum atomic E-state index is 3.54. The van der Waals surface area contributed by atoms with E-state index < -0.39 is 0 Å². The summed E-state index contributed by atoms with van der Waals surface area (Å²) in [6.45, 7) is 9.22. The molecule has 106 valence electrons. The van der Waals surface area contributed by atoms with Gasteiger partial charge in [-0.25, -0.2) is 0 Å². The third-order valence-corrected chi connectivity index (χ3v) is 4.26. The molecule has 0 saturated carbocycles. The van der Waals surface area contributed by atoms with Gasteiger partial charge in [-0.05, 0) is 50.3 Å². The predicted molar refractivity (Wildman–Crippen MR) is 85.3 cm³/mol. The molecule has 0 bridgehead atoms. The number of nitrogens with one attached hydrogen (secondary N) is 1. The van der Waals surface area contributed by atoms with Crippen LogP contribution in [0.2, 0.25) is 0 Å². The van der Waals surface area contributed by atoms with Crippen molar-refractivity contribution in [3.63, 3.8) is 0 Å². The fraction of sp³-hybridized carbons (Fsp3) is 0.647. The van der Waals surface area contributed by atoms with Crippen molar-refractivity contribution in [1.29, 1.82) is 0 Å². The average molecular weight is 260 g/mol. The Labute approximate surface area is 118 Å². The molecule has 19 heavy (non-hydrogen) atoms. The van der Waals surface area contributed by atoms with Crippen molar-refractivity contribution >= 4 is 11.4 Å². The largest absolute Gasteiger partial charge is 0.385 e. The maximum absolute atomic E-state index is 3.54. The summed E-state index contributed by atoms with van der Waals surface area (Å²) in [6, 6.07) is 7.37. The molecule has 1 heterocycles. The highest BCUT2D eigenvalue weighted by molar-refractivity contribution is 5.68. The molecular formula is C17H28N2. The lowest BCUT2D eigenvalue weighted by molar-refractivity contribution is 0.592. The second-order valence-electron chi connectivity index (χ2n) is 5.64. The number of fused-ring (bicyclic) bond motifs is 1. The first-order chi connectivity index (χ1) is 9.27. The van der Waals surface area contributed by atoms with Gasteiger partial charge in [-0.15, -0.1) is 0 Å². The van der Waals surface area contributed by atoms with Gasteiger partial charge in [-0.2, -0.15) is 0 Å². The molecule has 0 amide bonds. The number of benzene rings is 1. The van der Waals surface area contributed by atoms with Gasteiger partial charge in [0.15, 0.2) is 0 Å². The standard InChI is InChI=1S/C17H28N2/c1-4-6-13-19(14(3)5-2)17-11-7-10-16-15(17)9-8-12-18-16/h7,10-11,14,18H,4-6,8-9,12-13H2,1-3H3. The number of nitrogens with zero attached hydrogens (tertiary/aromatic N) is 1. The minimum Gasteiger partial charge on any atom is -0.385 e. The van der Waals surface area contributed by atoms with Crippen LogP contribution in [0.25, 0.3) is 0 Å². The first-order valence-electron chi connectivity index (χ1n) is 7.90. The molecule has 1 N–H and O–H groups in total. The molecule has 0 fully saturated rings. The number of rotatable bonds is 6. The number of hydrogen-bond donors (Lipinski definition) is 1. The van der Waals surface area contributed by atoms with Crippen molar-refractivity contribution in [2.24, 2.45) is 0 Å². The third kappa shape index (κ3) is 3.23. The van der Waals surface area contributed by atoms with Crippen LogP contribution in [0.15, 0.2) is 18.2 Å². The summed E-state index contributed by atoms with van der Waals surface area (Å²) in [5, 5.41) is 3.54. The summed E-state index contributed by atoms with van der Waals surface area (Å²) in [7, 11) is 0. The number of anilines is 2. The highest BCUT2D eigenvalue weighted by atomic mass is 15.2. The monoisotopic (exact) mass is 260 g/mol. The van der Waals surface area contributed by atoms with Crippen molar-refractivity contribution in [3.8, 4) is 0 Å². The van der Waals surface area contributed by atoms with Crippen molar-refractivity contribution in [2.75, 3.05) is 23.3 Å². The van der Waals surface area contributed by atoms with Crippen molar-refractivity contribution in [3.05, 3.63) is 23.8 Å². The van der Waals surface area contributed by atoms with Crippen molar-refractivity contribution in [2.45, 2.75) is 58.9 Å². The Kier molecular flexibility index (Phi) is 5.12. The van der Waals surface area contributed by atoms with Gasteiger partial charge in [0.25, 0.3) is 0 Å². The van der Waals surface area contributed by atoms with Gasteiger partial charge in [0, 0.05) is 30.5 Å². The Balaban J connectivity index is 2.29. The van der Waals surface area contributed by atoms with Gasteiger partial charge in [-0.1, -0.05) is 26.3 Å². The molecule has 1 atom stereocenters. The Morgan fingerprint density at radius 1 is 1.32 bits per heavy atom. The lowest BCUT2D eigenvalue weighted by Crippen LogP contribution is -2.34. The first kappa shape index (κ1) is 14.2. The van der Waals surface area contributed by atoms with Crippen LogP contribution in [0.3, 0.4) is 0 Å². The van der Waals surface area contributed by atoms with Crippen LogP contribution in [-0.2, 0) is 6.42 Å². The molecule has 0 aromatic heterocycles. The highest BCUT2D eigenvalue weighted by Gasteiger charge is 2.19. The van der Waals surface area contributed by atoms with E-state index >= 15 is 0 Å². The van der Waals surface area contributed by atoms with E-state index in [1.54, 1.807) is 0 Å². The zero-order valence-electron chi connectivity index (χ0n) is 12.7. The third-order valence-electron chi connectivity index (χ3n) is 4.26. The maximum Gasteiger partial charge on any atom is 0.0421 e. The lowest BCUT2D eigenvalue weighted by Gasteiger charge is -2.34. The normalized spacial score (nSPS) is 15.5. The summed E-state index contributed by atoms with van der Waals surface area (Å²) >= 11 is 0. The fourth-order valence-corrected chi connectivity index (χ4v) is 2.89. The average Bonchev–Trinajstić information content (AvgIpc) is 2.47. The second-order valence-corrected chi connectivity index (χ2v) is 5.64. The Morgan fingerprint density at radius 3 is 2.89 bits per heavy atom. The minimum atomic E-state index is 0.625. The van der Waals surface area contributed by atoms with Crippen LogP contribution in [0.4, 0.5) is 11.4 Å². The van der Waals surface area contributed by atoms with E-state index in [1.165, 1.54) is 55.6 Å². The van der Waals surface area contributed by atoms with Gasteiger partial charge in [0.2, 0.25) is 0 Å². The van der Waals surface area contributed by atoms with Crippen LogP contribution in [-0.4, -0.2) is 19.1 Å². The zero-order valence-corrected chi connectivity index (χ0v) is 12.7. The predicted octanol–water partition coefficient (Wildman–Crippen LogP) is 4.45. The molecule has 1 aliphatic heterocycles. The molecule has 1 aromatic carbocycles. The van der Waals surface area contributed by atoms with Gasteiger partial charge in [-0.3, -0.25) is 0 Å². The van der Waals surface area contributed by atoms with Gasteiger partial charge in [0.1, 0.15) is 0 Å². The molecule has 1 unspecified atom stereocenters. The molecule has 2 rings (SSSR count). The van der Waals surface area contributed by atoms with E-state index in [1.807, 2.05) is 0 Å². The summed E-state index contributed by atoms with van der Waals surface area (Å²) in [5.74, 6) is 0. The van der Waals surface area contributed by atoms with E-state index in [0.717, 1.165) is 6.54 Å². The summed E-state index contributed by atoms with van der Waals surface area (Å²) < 4.78 is 0. The Morgan fingerprint density at radius 2 is 2.16 bits per heavy atom. The summed E-state index contributed by atoms with van der Waals surface area (Å²) in [6.07, 6.45) is 6.23. The Hall–Kier alpha value is -1.18. The van der Waals surface area contributed by atoms with Gasteiger partial charge in [0.05, 0.1) is 0 Å². The van der Waals surface area contributed by atoms with Crippen LogP contribution in [0.5, 0.6) is 0 Å². The van der Waals surface area contributed by atoms with E-state index in [9.17, 15) is 0 Å². The minimum absolute atomic E-state index is 0.625. The Bertz CT molecular complexity index is 400. The quantitative estimate of drug-likeness (QED) is 0.813. The number of hydrogen-bond acceptors (Lipinski definition) is 2. The van der Waals surface area contributed by atoms with Crippen LogP contribution in [0.1, 0.15) is 52.0 Å². The molecule has 2 nitrogen and oxygen atoms in total. The first-order valence-corrected chi connectivity index (χ1v) is 7.90. The van der Waals surface area contributed by atoms with E-state index in [0.29, 0.717) is 6.04 Å². The highest BCUT2D eigenvalue weighted by Crippen LogP contribution is 2.33. The second kappa shape index (κ2) is 6.83. The molecule has 1 aromatic rings. The van der Waals surface area contributed by atoms with E-state index in [2.05, 4.69) is 49.2 Å². The lowest BCUT2D eigenvalue weighted by atomic mass is 9.99.